The van der Waals surface area contributed by atoms with E-state index in [1.807, 2.05) is 0 Å². The topological polar surface area (TPSA) is 90.5 Å². The van der Waals surface area contributed by atoms with Crippen LogP contribution in [0.25, 0.3) is 0 Å². The van der Waals surface area contributed by atoms with Gasteiger partial charge < -0.3 is 21.1 Å². The van der Waals surface area contributed by atoms with Gasteiger partial charge in [-0.1, -0.05) is 41.4 Å². The summed E-state index contributed by atoms with van der Waals surface area (Å²) in [5.41, 5.74) is -0.609. The zero-order valence-electron chi connectivity index (χ0n) is 17.2. The fourth-order valence-electron chi connectivity index (χ4n) is 5.48. The lowest BCUT2D eigenvalue weighted by atomic mass is 9.68. The van der Waals surface area contributed by atoms with Crippen molar-refractivity contribution in [3.05, 3.63) is 63.4 Å². The molecular weight excluding hydrogens is 456 g/mol. The summed E-state index contributed by atoms with van der Waals surface area (Å²) in [5, 5.41) is 19.3. The van der Waals surface area contributed by atoms with Crippen molar-refractivity contribution in [1.29, 1.82) is 0 Å². The van der Waals surface area contributed by atoms with E-state index in [2.05, 4.69) is 16.0 Å². The molecule has 9 heteroatoms. The Balaban J connectivity index is 1.59. The van der Waals surface area contributed by atoms with Crippen molar-refractivity contribution in [2.24, 2.45) is 0 Å². The maximum absolute atomic E-state index is 15.3. The molecule has 2 heterocycles. The molecule has 2 fully saturated rings. The predicted octanol–water partition coefficient (Wildman–Crippen LogP) is 3.11. The van der Waals surface area contributed by atoms with Gasteiger partial charge in [0.2, 0.25) is 11.8 Å². The second kappa shape index (κ2) is 7.42. The summed E-state index contributed by atoms with van der Waals surface area (Å²) in [6, 6.07) is 8.64. The Morgan fingerprint density at radius 2 is 2.00 bits per heavy atom. The quantitative estimate of drug-likeness (QED) is 0.546. The summed E-state index contributed by atoms with van der Waals surface area (Å²) in [5.74, 6) is -2.17. The molecule has 2 aromatic carbocycles. The third-order valence-corrected chi connectivity index (χ3v) is 7.43. The maximum atomic E-state index is 15.3. The van der Waals surface area contributed by atoms with Crippen LogP contribution in [0.1, 0.15) is 36.8 Å². The normalized spacial score (nSPS) is 33.0. The fraction of sp³-hybridized carbons (Fsp3) is 0.391. The van der Waals surface area contributed by atoms with Gasteiger partial charge in [-0.05, 0) is 49.1 Å². The predicted molar refractivity (Wildman–Crippen MR) is 119 cm³/mol. The molecule has 1 saturated heterocycles. The van der Waals surface area contributed by atoms with Crippen LogP contribution in [0.4, 0.5) is 10.1 Å². The average molecular weight is 478 g/mol. The van der Waals surface area contributed by atoms with Gasteiger partial charge in [0.25, 0.3) is 0 Å². The van der Waals surface area contributed by atoms with Crippen LogP contribution < -0.4 is 16.0 Å². The van der Waals surface area contributed by atoms with Gasteiger partial charge in [0.1, 0.15) is 5.82 Å². The molecule has 1 aliphatic carbocycles. The molecule has 0 bridgehead atoms. The van der Waals surface area contributed by atoms with E-state index in [-0.39, 0.29) is 35.0 Å². The van der Waals surface area contributed by atoms with E-state index >= 15 is 4.39 Å². The van der Waals surface area contributed by atoms with E-state index in [4.69, 9.17) is 23.2 Å². The van der Waals surface area contributed by atoms with E-state index in [1.54, 1.807) is 37.3 Å². The number of anilines is 1. The molecule has 32 heavy (non-hydrogen) atoms. The first kappa shape index (κ1) is 21.6. The highest BCUT2D eigenvalue weighted by Gasteiger charge is 2.61. The van der Waals surface area contributed by atoms with Crippen molar-refractivity contribution in [2.75, 3.05) is 11.9 Å². The first-order chi connectivity index (χ1) is 15.1. The van der Waals surface area contributed by atoms with E-state index in [0.717, 1.165) is 0 Å². The number of hydrogen-bond donors (Lipinski definition) is 4. The molecule has 0 aromatic heterocycles. The number of hydrogen-bond acceptors (Lipinski definition) is 4. The monoisotopic (exact) mass is 477 g/mol. The van der Waals surface area contributed by atoms with Gasteiger partial charge in [-0.25, -0.2) is 4.39 Å². The summed E-state index contributed by atoms with van der Waals surface area (Å²) in [6.07, 6.45) is 0.878. The van der Waals surface area contributed by atoms with Crippen molar-refractivity contribution < 1.29 is 19.1 Å². The molecule has 2 amide bonds. The van der Waals surface area contributed by atoms with Gasteiger partial charge in [-0.15, -0.1) is 0 Å². The van der Waals surface area contributed by atoms with Crippen molar-refractivity contribution in [1.82, 2.24) is 10.6 Å². The molecule has 3 unspecified atom stereocenters. The number of carbonyl (C=O) groups is 2. The lowest BCUT2D eigenvalue weighted by Gasteiger charge is -2.42. The number of halogens is 3. The molecule has 3 aliphatic rings. The van der Waals surface area contributed by atoms with Crippen molar-refractivity contribution in [2.45, 2.75) is 48.8 Å². The van der Waals surface area contributed by atoms with Crippen LogP contribution >= 0.6 is 23.2 Å². The summed E-state index contributed by atoms with van der Waals surface area (Å²) in [6.45, 7) is 1.86. The Bertz CT molecular complexity index is 1130. The van der Waals surface area contributed by atoms with Gasteiger partial charge in [-0.2, -0.15) is 0 Å². The third-order valence-electron chi connectivity index (χ3n) is 6.90. The van der Waals surface area contributed by atoms with E-state index in [0.29, 0.717) is 29.1 Å². The number of amides is 2. The van der Waals surface area contributed by atoms with Crippen molar-refractivity contribution in [3.8, 4) is 0 Å². The molecule has 2 aromatic rings. The van der Waals surface area contributed by atoms with Gasteiger partial charge in [0.05, 0.1) is 22.1 Å². The Morgan fingerprint density at radius 3 is 2.72 bits per heavy atom. The average Bonchev–Trinajstić information content (AvgIpc) is 3.22. The zero-order chi connectivity index (χ0) is 22.8. The molecule has 4 N–H and O–H groups in total. The molecule has 1 spiro atoms. The molecule has 168 valence electrons. The number of fused-ring (bicyclic) bond motifs is 2. The molecule has 0 radical (unpaired) electrons. The van der Waals surface area contributed by atoms with Crippen LogP contribution in [-0.4, -0.2) is 41.2 Å². The lowest BCUT2D eigenvalue weighted by molar-refractivity contribution is -0.127. The maximum Gasteiger partial charge on any atom is 0.238 e. The SMILES string of the molecule is CC1(O)CC(NC(=O)C2NCC3(C(=O)Nc4cc(Cl)ccc43)C2c2cccc(Cl)c2F)C1. The van der Waals surface area contributed by atoms with E-state index in [1.165, 1.54) is 6.07 Å². The minimum Gasteiger partial charge on any atom is -0.390 e. The van der Waals surface area contributed by atoms with E-state index in [9.17, 15) is 14.7 Å². The Morgan fingerprint density at radius 1 is 1.25 bits per heavy atom. The largest absolute Gasteiger partial charge is 0.390 e. The Kier molecular flexibility index (Phi) is 5.02. The summed E-state index contributed by atoms with van der Waals surface area (Å²) >= 11 is 12.2. The number of carbonyl (C=O) groups excluding carboxylic acids is 2. The fourth-order valence-corrected chi connectivity index (χ4v) is 5.83. The van der Waals surface area contributed by atoms with Crippen LogP contribution in [0.5, 0.6) is 0 Å². The van der Waals surface area contributed by atoms with Crippen LogP contribution in [0.15, 0.2) is 36.4 Å². The molecule has 2 aliphatic heterocycles. The highest BCUT2D eigenvalue weighted by molar-refractivity contribution is 6.31. The standard InChI is InChI=1S/C23H22Cl2FN3O3/c1-22(32)8-12(9-22)28-20(30)19-17(13-3-2-4-15(25)18(13)26)23(10-27-19)14-6-5-11(24)7-16(14)29-21(23)31/h2-7,12,17,19,27,32H,8-10H2,1H3,(H,28,30)(H,29,31). The first-order valence-corrected chi connectivity index (χ1v) is 11.2. The van der Waals surface area contributed by atoms with Gasteiger partial charge in [-0.3, -0.25) is 9.59 Å². The van der Waals surface area contributed by atoms with Crippen molar-refractivity contribution in [3.63, 3.8) is 0 Å². The van der Waals surface area contributed by atoms with Crippen LogP contribution in [0.3, 0.4) is 0 Å². The number of nitrogens with one attached hydrogen (secondary N) is 3. The minimum absolute atomic E-state index is 0.0755. The van der Waals surface area contributed by atoms with E-state index < -0.39 is 28.8 Å². The van der Waals surface area contributed by atoms with Crippen LogP contribution in [-0.2, 0) is 15.0 Å². The third kappa shape index (κ3) is 3.22. The number of aliphatic hydroxyl groups is 1. The summed E-state index contributed by atoms with van der Waals surface area (Å²) < 4.78 is 15.3. The Hall–Kier alpha value is -2.19. The highest BCUT2D eigenvalue weighted by atomic mass is 35.5. The van der Waals surface area contributed by atoms with Crippen molar-refractivity contribution >= 4 is 40.7 Å². The highest BCUT2D eigenvalue weighted by Crippen LogP contribution is 2.52. The Labute approximate surface area is 194 Å². The lowest BCUT2D eigenvalue weighted by Crippen LogP contribution is -2.57. The van der Waals surface area contributed by atoms with Crippen LogP contribution in [0, 0.1) is 5.82 Å². The minimum atomic E-state index is -1.21. The summed E-state index contributed by atoms with van der Waals surface area (Å²) in [7, 11) is 0. The molecule has 5 rings (SSSR count). The molecule has 6 nitrogen and oxygen atoms in total. The van der Waals surface area contributed by atoms with Gasteiger partial charge >= 0.3 is 0 Å². The smallest absolute Gasteiger partial charge is 0.238 e. The number of benzene rings is 2. The molecule has 3 atom stereocenters. The summed E-state index contributed by atoms with van der Waals surface area (Å²) in [4.78, 5) is 26.7. The second-order valence-corrected chi connectivity index (χ2v) is 10.0. The zero-order valence-corrected chi connectivity index (χ0v) is 18.7. The number of rotatable bonds is 3. The van der Waals surface area contributed by atoms with Crippen LogP contribution in [0.2, 0.25) is 10.0 Å². The molecular formula is C23H22Cl2FN3O3. The van der Waals surface area contributed by atoms with Gasteiger partial charge in [0, 0.05) is 29.2 Å². The second-order valence-electron chi connectivity index (χ2n) is 9.21. The first-order valence-electron chi connectivity index (χ1n) is 10.4. The van der Waals surface area contributed by atoms with Gasteiger partial charge in [0.15, 0.2) is 0 Å². The molecule has 1 saturated carbocycles.